The molecular weight excluding hydrogens is 476 g/mol. The van der Waals surface area contributed by atoms with Crippen LogP contribution in [0.1, 0.15) is 45.3 Å². The van der Waals surface area contributed by atoms with Gasteiger partial charge in [-0.3, -0.25) is 24.3 Å². The summed E-state index contributed by atoms with van der Waals surface area (Å²) in [6.45, 7) is 0.960. The van der Waals surface area contributed by atoms with Crippen molar-refractivity contribution in [3.8, 4) is 5.75 Å². The number of allylic oxidation sites excluding steroid dienone is 1. The zero-order valence-corrected chi connectivity index (χ0v) is 20.9. The van der Waals surface area contributed by atoms with Crippen LogP contribution in [0.25, 0.3) is 0 Å². The Morgan fingerprint density at radius 3 is 2.50 bits per heavy atom. The van der Waals surface area contributed by atoms with Crippen LogP contribution in [-0.2, 0) is 13.0 Å². The summed E-state index contributed by atoms with van der Waals surface area (Å²) in [5, 5.41) is 2.13. The largest absolute Gasteiger partial charge is 0.482 e. The molecule has 0 spiro atoms. The number of carbonyl (C=O) groups excluding carboxylic acids is 1. The maximum absolute atomic E-state index is 13.9. The zero-order chi connectivity index (χ0) is 25.9. The lowest BCUT2D eigenvalue weighted by molar-refractivity contribution is 0.0698. The number of aryl methyl sites for hydroxylation is 1. The Labute approximate surface area is 221 Å². The third kappa shape index (κ3) is 4.47. The molecule has 1 atom stereocenters. The molecule has 4 heterocycles. The number of rotatable bonds is 4. The molecule has 2 aliphatic heterocycles. The van der Waals surface area contributed by atoms with Crippen LogP contribution in [0, 0.1) is 0 Å². The number of ether oxygens (including phenoxy) is 1. The first-order chi connectivity index (χ1) is 18.7. The number of nitrogens with zero attached hydrogens (tertiary/aromatic N) is 4. The average molecular weight is 505 g/mol. The first-order valence-electron chi connectivity index (χ1n) is 12.8. The fourth-order valence-electron chi connectivity index (χ4n) is 5.19. The van der Waals surface area contributed by atoms with Crippen LogP contribution in [0.5, 0.6) is 5.75 Å². The van der Waals surface area contributed by atoms with E-state index >= 15 is 0 Å². The molecular formula is C31H28N4O3. The van der Waals surface area contributed by atoms with Gasteiger partial charge >= 0.3 is 0 Å². The third-order valence-corrected chi connectivity index (χ3v) is 7.02. The summed E-state index contributed by atoms with van der Waals surface area (Å²) >= 11 is 0. The van der Waals surface area contributed by atoms with Crippen molar-refractivity contribution in [2.24, 2.45) is 0 Å². The maximum atomic E-state index is 13.9. The molecule has 7 heteroatoms. The molecule has 2 aliphatic rings. The van der Waals surface area contributed by atoms with E-state index in [1.54, 1.807) is 15.8 Å². The Kier molecular flexibility index (Phi) is 6.48. The van der Waals surface area contributed by atoms with Crippen LogP contribution in [0.2, 0.25) is 0 Å². The van der Waals surface area contributed by atoms with E-state index in [-0.39, 0.29) is 35.4 Å². The minimum atomic E-state index is -0.319. The van der Waals surface area contributed by atoms with E-state index in [0.717, 1.165) is 35.2 Å². The van der Waals surface area contributed by atoms with Gasteiger partial charge < -0.3 is 9.64 Å². The van der Waals surface area contributed by atoms with Crippen molar-refractivity contribution < 1.29 is 9.53 Å². The molecule has 2 aromatic heterocycles. The Morgan fingerprint density at radius 1 is 0.895 bits per heavy atom. The lowest BCUT2D eigenvalue weighted by Crippen LogP contribution is -2.55. The zero-order valence-electron chi connectivity index (χ0n) is 20.9. The Balaban J connectivity index is 1.54. The lowest BCUT2D eigenvalue weighted by atomic mass is 9.95. The molecule has 0 fully saturated rings. The molecule has 0 saturated heterocycles. The van der Waals surface area contributed by atoms with E-state index in [2.05, 4.69) is 29.3 Å². The number of carbonyl (C=O) groups is 1. The smallest absolute Gasteiger partial charge is 0.278 e. The van der Waals surface area contributed by atoms with E-state index in [0.29, 0.717) is 13.2 Å². The summed E-state index contributed by atoms with van der Waals surface area (Å²) < 4.78 is 7.88. The van der Waals surface area contributed by atoms with Gasteiger partial charge in [-0.1, -0.05) is 78.9 Å². The highest BCUT2D eigenvalue weighted by molar-refractivity contribution is 5.96. The SMILES string of the molecule is O=C1c2c(OCc3ccccc3)c(=O)ccn2N2CN1C/C=C\CCc1ncccc1C2c1ccccc1. The molecule has 0 aliphatic carbocycles. The molecule has 0 saturated carbocycles. The molecule has 190 valence electrons. The standard InChI is InChI=1S/C31H28N4O3/c36-27-17-20-34-29(30(27)38-21-23-11-4-1-5-12-23)31(37)33-19-9-3-8-16-26-25(15-10-18-32-26)28(35(34)22-33)24-13-6-2-7-14-24/h1-7,9-15,17-18,20,28H,8,16,19,21-22H2/b9-3-. The van der Waals surface area contributed by atoms with Crippen molar-refractivity contribution in [1.82, 2.24) is 14.6 Å². The topological polar surface area (TPSA) is 67.7 Å². The van der Waals surface area contributed by atoms with Crippen molar-refractivity contribution in [2.75, 3.05) is 18.2 Å². The van der Waals surface area contributed by atoms with Gasteiger partial charge in [0.15, 0.2) is 11.4 Å². The summed E-state index contributed by atoms with van der Waals surface area (Å²) in [6, 6.07) is 25.2. The van der Waals surface area contributed by atoms with Crippen molar-refractivity contribution in [3.05, 3.63) is 142 Å². The molecule has 38 heavy (non-hydrogen) atoms. The van der Waals surface area contributed by atoms with Crippen molar-refractivity contribution in [2.45, 2.75) is 25.5 Å². The number of benzene rings is 2. The molecule has 1 unspecified atom stereocenters. The highest BCUT2D eigenvalue weighted by Crippen LogP contribution is 2.34. The Hall–Kier alpha value is -4.65. The average Bonchev–Trinajstić information content (AvgIpc) is 2.99. The Bertz CT molecular complexity index is 1530. The quantitative estimate of drug-likeness (QED) is 0.384. The van der Waals surface area contributed by atoms with E-state index in [9.17, 15) is 9.59 Å². The van der Waals surface area contributed by atoms with Gasteiger partial charge in [-0.15, -0.1) is 0 Å². The lowest BCUT2D eigenvalue weighted by Gasteiger charge is -2.44. The highest BCUT2D eigenvalue weighted by Gasteiger charge is 2.37. The van der Waals surface area contributed by atoms with E-state index in [1.165, 1.54) is 6.07 Å². The maximum Gasteiger partial charge on any atom is 0.278 e. The molecule has 1 amide bonds. The van der Waals surface area contributed by atoms with Crippen molar-refractivity contribution in [3.63, 3.8) is 0 Å². The van der Waals surface area contributed by atoms with Gasteiger partial charge in [-0.05, 0) is 30.0 Å². The molecule has 4 aromatic rings. The summed E-state index contributed by atoms with van der Waals surface area (Å²) in [5.41, 5.74) is 3.99. The van der Waals surface area contributed by atoms with Crippen LogP contribution in [0.4, 0.5) is 0 Å². The molecule has 7 nitrogen and oxygen atoms in total. The fourth-order valence-corrected chi connectivity index (χ4v) is 5.19. The van der Waals surface area contributed by atoms with Crippen LogP contribution < -0.4 is 15.2 Å². The van der Waals surface area contributed by atoms with E-state index in [4.69, 9.17) is 9.72 Å². The minimum Gasteiger partial charge on any atom is -0.482 e. The number of hydrogen-bond acceptors (Lipinski definition) is 5. The predicted octanol–water partition coefficient (Wildman–Crippen LogP) is 4.47. The second-order valence-corrected chi connectivity index (χ2v) is 9.45. The Morgan fingerprint density at radius 2 is 1.68 bits per heavy atom. The number of aromatic nitrogens is 2. The molecule has 6 rings (SSSR count). The first kappa shape index (κ1) is 23.7. The van der Waals surface area contributed by atoms with E-state index in [1.807, 2.05) is 66.9 Å². The van der Waals surface area contributed by atoms with Crippen LogP contribution in [0.15, 0.2) is 108 Å². The summed E-state index contributed by atoms with van der Waals surface area (Å²) in [4.78, 5) is 33.5. The predicted molar refractivity (Wildman–Crippen MR) is 146 cm³/mol. The van der Waals surface area contributed by atoms with Crippen LogP contribution >= 0.6 is 0 Å². The highest BCUT2D eigenvalue weighted by atomic mass is 16.5. The first-order valence-corrected chi connectivity index (χ1v) is 12.8. The third-order valence-electron chi connectivity index (χ3n) is 7.02. The van der Waals surface area contributed by atoms with Crippen molar-refractivity contribution in [1.29, 1.82) is 0 Å². The van der Waals surface area contributed by atoms with Crippen LogP contribution in [0.3, 0.4) is 0 Å². The molecule has 0 N–H and O–H groups in total. The summed E-state index contributed by atoms with van der Waals surface area (Å²) in [7, 11) is 0. The number of fused-ring (bicyclic) bond motifs is 5. The number of pyridine rings is 2. The van der Waals surface area contributed by atoms with Gasteiger partial charge in [0.05, 0.1) is 6.04 Å². The summed E-state index contributed by atoms with van der Waals surface area (Å²) in [5.74, 6) is -0.169. The molecule has 2 aromatic carbocycles. The summed E-state index contributed by atoms with van der Waals surface area (Å²) in [6.07, 6.45) is 9.24. The fraction of sp³-hybridized carbons (Fsp3) is 0.194. The van der Waals surface area contributed by atoms with Gasteiger partial charge in [0.1, 0.15) is 13.3 Å². The second kappa shape index (κ2) is 10.4. The second-order valence-electron chi connectivity index (χ2n) is 9.45. The van der Waals surface area contributed by atoms with Gasteiger partial charge in [0.25, 0.3) is 5.91 Å². The van der Waals surface area contributed by atoms with Gasteiger partial charge in [-0.2, -0.15) is 0 Å². The van der Waals surface area contributed by atoms with E-state index < -0.39 is 0 Å². The number of amides is 1. The normalized spacial score (nSPS) is 17.7. The van der Waals surface area contributed by atoms with Crippen LogP contribution in [-0.4, -0.2) is 33.7 Å². The van der Waals surface area contributed by atoms with Crippen molar-refractivity contribution >= 4 is 5.91 Å². The molecule has 2 bridgehead atoms. The van der Waals surface area contributed by atoms with Gasteiger partial charge in [0.2, 0.25) is 5.43 Å². The molecule has 0 radical (unpaired) electrons. The number of hydrogen-bond donors (Lipinski definition) is 0. The minimum absolute atomic E-state index is 0.0631. The van der Waals surface area contributed by atoms with Gasteiger partial charge in [-0.25, -0.2) is 0 Å². The van der Waals surface area contributed by atoms with Gasteiger partial charge in [0, 0.05) is 36.3 Å². The monoisotopic (exact) mass is 504 g/mol.